The Morgan fingerprint density at radius 3 is 2.37 bits per heavy atom. The molecule has 0 fully saturated rings. The van der Waals surface area contributed by atoms with Gasteiger partial charge in [-0.15, -0.1) is 0 Å². The highest BCUT2D eigenvalue weighted by molar-refractivity contribution is 9.10. The van der Waals surface area contributed by atoms with Crippen molar-refractivity contribution < 1.29 is 19.1 Å². The Bertz CT molecular complexity index is 442. The van der Waals surface area contributed by atoms with Gasteiger partial charge in [0.15, 0.2) is 0 Å². The molecule has 1 aromatic rings. The quantitative estimate of drug-likeness (QED) is 0.659. The van der Waals surface area contributed by atoms with Crippen molar-refractivity contribution in [2.45, 2.75) is 19.1 Å². The molecule has 19 heavy (non-hydrogen) atoms. The number of halogens is 1. The number of rotatable bonds is 5. The van der Waals surface area contributed by atoms with Crippen LogP contribution in [0.3, 0.4) is 0 Å². The molecule has 0 bridgehead atoms. The van der Waals surface area contributed by atoms with E-state index < -0.39 is 17.5 Å². The number of benzene rings is 1. The van der Waals surface area contributed by atoms with Gasteiger partial charge in [-0.25, -0.2) is 4.79 Å². The first-order chi connectivity index (χ1) is 8.93. The van der Waals surface area contributed by atoms with Crippen LogP contribution in [0.25, 0.3) is 0 Å². The lowest BCUT2D eigenvalue weighted by molar-refractivity contribution is -0.175. The van der Waals surface area contributed by atoms with Crippen molar-refractivity contribution in [1.82, 2.24) is 5.32 Å². The van der Waals surface area contributed by atoms with Gasteiger partial charge in [-0.3, -0.25) is 4.79 Å². The Hall–Kier alpha value is -1.40. The van der Waals surface area contributed by atoms with Crippen LogP contribution in [0, 0.1) is 0 Å². The van der Waals surface area contributed by atoms with Gasteiger partial charge in [0.05, 0.1) is 13.7 Å². The number of hydrogen-bond acceptors (Lipinski definition) is 4. The number of ether oxygens (including phenoxy) is 2. The monoisotopic (exact) mass is 329 g/mol. The molecule has 104 valence electrons. The molecular formula is C13H16BrNO4. The standard InChI is InChI=1S/C13H16BrNO4/c1-13(11(16)15-2,12(17)18-3)19-8-9-4-6-10(14)7-5-9/h4-7H,8H2,1-3H3,(H,15,16). The zero-order chi connectivity index (χ0) is 14.5. The van der Waals surface area contributed by atoms with Crippen molar-refractivity contribution in [3.8, 4) is 0 Å². The van der Waals surface area contributed by atoms with Gasteiger partial charge in [-0.05, 0) is 24.6 Å². The van der Waals surface area contributed by atoms with E-state index in [1.807, 2.05) is 24.3 Å². The second-order valence-corrected chi connectivity index (χ2v) is 4.93. The maximum atomic E-state index is 11.8. The summed E-state index contributed by atoms with van der Waals surface area (Å²) in [6.45, 7) is 1.52. The zero-order valence-electron chi connectivity index (χ0n) is 11.0. The van der Waals surface area contributed by atoms with Crippen LogP contribution in [0.5, 0.6) is 0 Å². The number of likely N-dealkylation sites (N-methyl/N-ethyl adjacent to an activating group) is 1. The molecular weight excluding hydrogens is 314 g/mol. The first-order valence-electron chi connectivity index (χ1n) is 5.63. The second kappa shape index (κ2) is 6.68. The number of amides is 1. The highest BCUT2D eigenvalue weighted by Gasteiger charge is 2.43. The number of carbonyl (C=O) groups excluding carboxylic acids is 2. The lowest BCUT2D eigenvalue weighted by atomic mass is 10.1. The molecule has 1 unspecified atom stereocenters. The Kier molecular flexibility index (Phi) is 5.50. The summed E-state index contributed by atoms with van der Waals surface area (Å²) in [5, 5.41) is 2.39. The number of methoxy groups -OCH3 is 1. The lowest BCUT2D eigenvalue weighted by Crippen LogP contribution is -2.52. The lowest BCUT2D eigenvalue weighted by Gasteiger charge is -2.25. The maximum absolute atomic E-state index is 11.8. The fraction of sp³-hybridized carbons (Fsp3) is 0.385. The molecule has 0 aliphatic carbocycles. The predicted molar refractivity (Wildman–Crippen MR) is 73.4 cm³/mol. The summed E-state index contributed by atoms with van der Waals surface area (Å²) in [5.74, 6) is -1.28. The molecule has 0 radical (unpaired) electrons. The summed E-state index contributed by atoms with van der Waals surface area (Å²) in [7, 11) is 2.65. The van der Waals surface area contributed by atoms with E-state index in [4.69, 9.17) is 4.74 Å². The Morgan fingerprint density at radius 1 is 1.32 bits per heavy atom. The minimum absolute atomic E-state index is 0.131. The van der Waals surface area contributed by atoms with Gasteiger partial charge in [-0.1, -0.05) is 28.1 Å². The number of carbonyl (C=O) groups is 2. The van der Waals surface area contributed by atoms with Crippen LogP contribution < -0.4 is 5.32 Å². The van der Waals surface area contributed by atoms with E-state index in [2.05, 4.69) is 26.0 Å². The molecule has 0 saturated carbocycles. The van der Waals surface area contributed by atoms with Crippen molar-refractivity contribution >= 4 is 27.8 Å². The third kappa shape index (κ3) is 3.78. The molecule has 6 heteroatoms. The van der Waals surface area contributed by atoms with Crippen LogP contribution in [0.1, 0.15) is 12.5 Å². The van der Waals surface area contributed by atoms with Gasteiger partial charge in [0.1, 0.15) is 0 Å². The molecule has 0 spiro atoms. The van der Waals surface area contributed by atoms with E-state index in [0.29, 0.717) is 0 Å². The summed E-state index contributed by atoms with van der Waals surface area (Å²) < 4.78 is 11.0. The molecule has 0 aliphatic heterocycles. The third-order valence-corrected chi connectivity index (χ3v) is 3.20. The minimum Gasteiger partial charge on any atom is -0.466 e. The maximum Gasteiger partial charge on any atom is 0.347 e. The fourth-order valence-electron chi connectivity index (χ4n) is 1.46. The van der Waals surface area contributed by atoms with Crippen LogP contribution >= 0.6 is 15.9 Å². The van der Waals surface area contributed by atoms with E-state index in [0.717, 1.165) is 10.0 Å². The Labute approximate surface area is 120 Å². The van der Waals surface area contributed by atoms with E-state index >= 15 is 0 Å². The average Bonchev–Trinajstić information content (AvgIpc) is 2.44. The normalized spacial score (nSPS) is 13.5. The summed E-state index contributed by atoms with van der Waals surface area (Å²) in [4.78, 5) is 23.5. The largest absolute Gasteiger partial charge is 0.466 e. The topological polar surface area (TPSA) is 64.6 Å². The van der Waals surface area contributed by atoms with E-state index in [9.17, 15) is 9.59 Å². The SMILES string of the molecule is CNC(=O)C(C)(OCc1ccc(Br)cc1)C(=O)OC. The van der Waals surface area contributed by atoms with Gasteiger partial charge in [0.25, 0.3) is 5.91 Å². The number of hydrogen-bond donors (Lipinski definition) is 1. The van der Waals surface area contributed by atoms with Crippen molar-refractivity contribution in [3.05, 3.63) is 34.3 Å². The van der Waals surface area contributed by atoms with Crippen molar-refractivity contribution in [3.63, 3.8) is 0 Å². The van der Waals surface area contributed by atoms with Crippen LogP contribution in [0.15, 0.2) is 28.7 Å². The Balaban J connectivity index is 2.82. The third-order valence-electron chi connectivity index (χ3n) is 2.68. The molecule has 0 heterocycles. The first kappa shape index (κ1) is 15.7. The highest BCUT2D eigenvalue weighted by Crippen LogP contribution is 2.17. The van der Waals surface area contributed by atoms with Gasteiger partial charge in [0, 0.05) is 11.5 Å². The number of esters is 1. The highest BCUT2D eigenvalue weighted by atomic mass is 79.9. The van der Waals surface area contributed by atoms with Crippen LogP contribution in [0.4, 0.5) is 0 Å². The van der Waals surface area contributed by atoms with Crippen molar-refractivity contribution in [2.75, 3.05) is 14.2 Å². The average molecular weight is 330 g/mol. The molecule has 0 aliphatic rings. The smallest absolute Gasteiger partial charge is 0.347 e. The molecule has 0 aromatic heterocycles. The summed E-state index contributed by atoms with van der Waals surface area (Å²) >= 11 is 3.33. The number of nitrogens with one attached hydrogen (secondary N) is 1. The van der Waals surface area contributed by atoms with Crippen LogP contribution in [-0.2, 0) is 25.7 Å². The van der Waals surface area contributed by atoms with Crippen molar-refractivity contribution in [2.24, 2.45) is 0 Å². The van der Waals surface area contributed by atoms with Gasteiger partial charge < -0.3 is 14.8 Å². The van der Waals surface area contributed by atoms with E-state index in [1.165, 1.54) is 21.1 Å². The molecule has 0 saturated heterocycles. The minimum atomic E-state index is -1.66. The summed E-state index contributed by atoms with van der Waals surface area (Å²) in [5.41, 5.74) is -0.807. The molecule has 1 N–H and O–H groups in total. The predicted octanol–water partition coefficient (Wildman–Crippen LogP) is 1.64. The molecule has 5 nitrogen and oxygen atoms in total. The Morgan fingerprint density at radius 2 is 1.89 bits per heavy atom. The molecule has 1 amide bonds. The molecule has 1 rings (SSSR count). The van der Waals surface area contributed by atoms with Gasteiger partial charge in [0.2, 0.25) is 5.60 Å². The fourth-order valence-corrected chi connectivity index (χ4v) is 1.72. The second-order valence-electron chi connectivity index (χ2n) is 4.02. The molecule has 1 aromatic carbocycles. The van der Waals surface area contributed by atoms with Crippen LogP contribution in [0.2, 0.25) is 0 Å². The van der Waals surface area contributed by atoms with Crippen molar-refractivity contribution in [1.29, 1.82) is 0 Å². The van der Waals surface area contributed by atoms with Crippen LogP contribution in [-0.4, -0.2) is 31.6 Å². The van der Waals surface area contributed by atoms with E-state index in [1.54, 1.807) is 0 Å². The summed E-state index contributed by atoms with van der Waals surface area (Å²) in [6.07, 6.45) is 0. The van der Waals surface area contributed by atoms with E-state index in [-0.39, 0.29) is 6.61 Å². The molecule has 1 atom stereocenters. The zero-order valence-corrected chi connectivity index (χ0v) is 12.6. The van der Waals surface area contributed by atoms with Gasteiger partial charge in [-0.2, -0.15) is 0 Å². The van der Waals surface area contributed by atoms with Gasteiger partial charge >= 0.3 is 5.97 Å². The first-order valence-corrected chi connectivity index (χ1v) is 6.42. The summed E-state index contributed by atoms with van der Waals surface area (Å²) in [6, 6.07) is 7.39.